The molecule has 1 aliphatic rings. The number of nitrogens with zero attached hydrogens (tertiary/aromatic N) is 1. The van der Waals surface area contributed by atoms with Crippen molar-refractivity contribution in [1.29, 1.82) is 5.26 Å². The summed E-state index contributed by atoms with van der Waals surface area (Å²) in [6, 6.07) is 6.24. The molecule has 0 fully saturated rings. The summed E-state index contributed by atoms with van der Waals surface area (Å²) in [5, 5.41) is 33.9. The van der Waals surface area contributed by atoms with Gasteiger partial charge in [0.05, 0.1) is 5.03 Å². The van der Waals surface area contributed by atoms with Crippen LogP contribution in [0, 0.1) is 11.3 Å². The van der Waals surface area contributed by atoms with Crippen molar-refractivity contribution in [3.05, 3.63) is 34.4 Å². The molecule has 1 aromatic rings. The second-order valence-corrected chi connectivity index (χ2v) is 5.92. The Balaban J connectivity index is 2.17. The number of phenols is 2. The number of thioether (sulfide) groups is 1. The molecule has 0 saturated carbocycles. The molecule has 8 heteroatoms. The Labute approximate surface area is 137 Å². The van der Waals surface area contributed by atoms with Crippen molar-refractivity contribution in [2.24, 2.45) is 0 Å². The fraction of sp³-hybridized carbons (Fsp3) is 0.333. The summed E-state index contributed by atoms with van der Waals surface area (Å²) in [5.74, 6) is -0.966. The number of carbonyl (C=O) groups is 1. The average molecular weight is 335 g/mol. The number of amides is 1. The third-order valence-corrected chi connectivity index (χ3v) is 4.39. The number of hydrogen-bond acceptors (Lipinski definition) is 7. The first kappa shape index (κ1) is 17.0. The third-order valence-electron chi connectivity index (χ3n) is 3.18. The number of aromatic hydroxyl groups is 2. The van der Waals surface area contributed by atoms with Gasteiger partial charge in [-0.05, 0) is 24.1 Å². The minimum Gasteiger partial charge on any atom is -0.504 e. The molecule has 0 spiro atoms. The SMILES string of the molecule is COCCCNC1=C(C#N)C(=O)NC(c2ccc(O)c(O)c2)S1. The number of rotatable bonds is 6. The van der Waals surface area contributed by atoms with Crippen molar-refractivity contribution < 1.29 is 19.7 Å². The Morgan fingerprint density at radius 2 is 2.22 bits per heavy atom. The van der Waals surface area contributed by atoms with Crippen LogP contribution in [0.25, 0.3) is 0 Å². The second-order valence-electron chi connectivity index (χ2n) is 4.81. The van der Waals surface area contributed by atoms with Crippen LogP contribution in [0.2, 0.25) is 0 Å². The predicted octanol–water partition coefficient (Wildman–Crippen LogP) is 1.32. The molecule has 4 N–H and O–H groups in total. The van der Waals surface area contributed by atoms with Crippen LogP contribution < -0.4 is 10.6 Å². The van der Waals surface area contributed by atoms with Crippen LogP contribution in [0.3, 0.4) is 0 Å². The number of carbonyl (C=O) groups excluding carboxylic acids is 1. The molecule has 7 nitrogen and oxygen atoms in total. The molecular formula is C15H17N3O4S. The van der Waals surface area contributed by atoms with Gasteiger partial charge in [0.2, 0.25) is 0 Å². The smallest absolute Gasteiger partial charge is 0.265 e. The molecule has 0 saturated heterocycles. The Hall–Kier alpha value is -2.37. The topological polar surface area (TPSA) is 115 Å². The highest BCUT2D eigenvalue weighted by Gasteiger charge is 2.29. The van der Waals surface area contributed by atoms with Gasteiger partial charge in [0.15, 0.2) is 11.5 Å². The number of phenolic OH excluding ortho intramolecular Hbond substituents is 2. The second kappa shape index (κ2) is 7.76. The Morgan fingerprint density at radius 1 is 1.43 bits per heavy atom. The van der Waals surface area contributed by atoms with Crippen LogP contribution in [-0.2, 0) is 9.53 Å². The van der Waals surface area contributed by atoms with Gasteiger partial charge in [0.1, 0.15) is 17.0 Å². The lowest BCUT2D eigenvalue weighted by molar-refractivity contribution is -0.117. The van der Waals surface area contributed by atoms with Gasteiger partial charge in [-0.25, -0.2) is 0 Å². The fourth-order valence-electron chi connectivity index (χ4n) is 2.01. The first-order valence-electron chi connectivity index (χ1n) is 6.93. The molecular weight excluding hydrogens is 318 g/mol. The number of ether oxygens (including phenoxy) is 1. The summed E-state index contributed by atoms with van der Waals surface area (Å²) in [6.45, 7) is 1.15. The molecule has 1 amide bonds. The molecule has 23 heavy (non-hydrogen) atoms. The standard InChI is InChI=1S/C15H17N3O4S/c1-22-6-2-5-17-15-10(8-16)13(21)18-14(23-15)9-3-4-11(19)12(20)7-9/h3-4,7,14,17,19-20H,2,5-6H2,1H3,(H,18,21). The number of methoxy groups -OCH3 is 1. The maximum Gasteiger partial charge on any atom is 0.265 e. The Kier molecular flexibility index (Phi) is 5.73. The number of hydrogen-bond donors (Lipinski definition) is 4. The van der Waals surface area contributed by atoms with Crippen molar-refractivity contribution in [3.8, 4) is 17.6 Å². The van der Waals surface area contributed by atoms with Crippen LogP contribution in [0.4, 0.5) is 0 Å². The number of nitrogens with one attached hydrogen (secondary N) is 2. The highest BCUT2D eigenvalue weighted by Crippen LogP contribution is 2.38. The van der Waals surface area contributed by atoms with E-state index in [0.717, 1.165) is 6.42 Å². The quantitative estimate of drug-likeness (QED) is 0.458. The lowest BCUT2D eigenvalue weighted by Gasteiger charge is -2.26. The van der Waals surface area contributed by atoms with Gasteiger partial charge in [0, 0.05) is 20.3 Å². The van der Waals surface area contributed by atoms with E-state index in [-0.39, 0.29) is 17.1 Å². The summed E-state index contributed by atoms with van der Waals surface area (Å²) < 4.78 is 4.96. The zero-order valence-electron chi connectivity index (χ0n) is 12.5. The van der Waals surface area contributed by atoms with Gasteiger partial charge in [-0.1, -0.05) is 17.8 Å². The molecule has 1 aliphatic heterocycles. The summed E-state index contributed by atoms with van der Waals surface area (Å²) in [5.41, 5.74) is 0.651. The van der Waals surface area contributed by atoms with Crippen molar-refractivity contribution >= 4 is 17.7 Å². The third kappa shape index (κ3) is 4.09. The van der Waals surface area contributed by atoms with E-state index >= 15 is 0 Å². The fourth-order valence-corrected chi connectivity index (χ4v) is 3.13. The van der Waals surface area contributed by atoms with Gasteiger partial charge in [-0.15, -0.1) is 0 Å². The summed E-state index contributed by atoms with van der Waals surface area (Å²) in [6.07, 6.45) is 0.742. The molecule has 0 aromatic heterocycles. The highest BCUT2D eigenvalue weighted by atomic mass is 32.2. The van der Waals surface area contributed by atoms with Crippen LogP contribution in [-0.4, -0.2) is 36.4 Å². The molecule has 0 aliphatic carbocycles. The lowest BCUT2D eigenvalue weighted by atomic mass is 10.2. The van der Waals surface area contributed by atoms with Gasteiger partial charge in [-0.2, -0.15) is 5.26 Å². The normalized spacial score (nSPS) is 17.6. The molecule has 1 unspecified atom stereocenters. The van der Waals surface area contributed by atoms with E-state index in [1.165, 1.54) is 23.9 Å². The minimum absolute atomic E-state index is 0.0340. The van der Waals surface area contributed by atoms with E-state index in [2.05, 4.69) is 10.6 Å². The van der Waals surface area contributed by atoms with E-state index in [9.17, 15) is 15.0 Å². The molecule has 0 radical (unpaired) electrons. The van der Waals surface area contributed by atoms with Gasteiger partial charge in [-0.3, -0.25) is 4.79 Å². The minimum atomic E-state index is -0.474. The first-order chi connectivity index (χ1) is 11.1. The van der Waals surface area contributed by atoms with Gasteiger partial charge in [0.25, 0.3) is 5.91 Å². The van der Waals surface area contributed by atoms with E-state index in [0.29, 0.717) is 23.7 Å². The summed E-state index contributed by atoms with van der Waals surface area (Å²) in [7, 11) is 1.61. The summed E-state index contributed by atoms with van der Waals surface area (Å²) in [4.78, 5) is 12.1. The van der Waals surface area contributed by atoms with Crippen molar-refractivity contribution in [3.63, 3.8) is 0 Å². The zero-order chi connectivity index (χ0) is 16.8. The molecule has 2 rings (SSSR count). The number of nitriles is 1. The van der Waals surface area contributed by atoms with Crippen LogP contribution in [0.15, 0.2) is 28.8 Å². The van der Waals surface area contributed by atoms with E-state index in [4.69, 9.17) is 10.00 Å². The lowest BCUT2D eigenvalue weighted by Crippen LogP contribution is -2.35. The maximum absolute atomic E-state index is 12.1. The van der Waals surface area contributed by atoms with Crippen molar-refractivity contribution in [2.45, 2.75) is 11.8 Å². The summed E-state index contributed by atoms with van der Waals surface area (Å²) >= 11 is 1.27. The molecule has 1 atom stereocenters. The van der Waals surface area contributed by atoms with Gasteiger partial charge < -0.3 is 25.6 Å². The van der Waals surface area contributed by atoms with Crippen LogP contribution in [0.5, 0.6) is 11.5 Å². The predicted molar refractivity (Wildman–Crippen MR) is 85.4 cm³/mol. The molecule has 122 valence electrons. The Morgan fingerprint density at radius 3 is 2.87 bits per heavy atom. The molecule has 0 bridgehead atoms. The molecule has 1 heterocycles. The largest absolute Gasteiger partial charge is 0.504 e. The average Bonchev–Trinajstić information content (AvgIpc) is 2.54. The van der Waals surface area contributed by atoms with Crippen molar-refractivity contribution in [1.82, 2.24) is 10.6 Å². The van der Waals surface area contributed by atoms with E-state index in [1.807, 2.05) is 6.07 Å². The molecule has 1 aromatic carbocycles. The zero-order valence-corrected chi connectivity index (χ0v) is 13.3. The monoisotopic (exact) mass is 335 g/mol. The highest BCUT2D eigenvalue weighted by molar-refractivity contribution is 8.03. The van der Waals surface area contributed by atoms with E-state index < -0.39 is 11.3 Å². The van der Waals surface area contributed by atoms with Crippen molar-refractivity contribution in [2.75, 3.05) is 20.3 Å². The Bertz CT molecular complexity index is 669. The number of benzene rings is 1. The van der Waals surface area contributed by atoms with Crippen LogP contribution in [0.1, 0.15) is 17.4 Å². The first-order valence-corrected chi connectivity index (χ1v) is 7.81. The maximum atomic E-state index is 12.1. The van der Waals surface area contributed by atoms with Gasteiger partial charge >= 0.3 is 0 Å². The van der Waals surface area contributed by atoms with Crippen LogP contribution >= 0.6 is 11.8 Å². The van der Waals surface area contributed by atoms with E-state index in [1.54, 1.807) is 13.2 Å².